The molecule has 5 rings (SSSR count). The van der Waals surface area contributed by atoms with Crippen LogP contribution >= 0.6 is 0 Å². The number of hydrogen-bond acceptors (Lipinski definition) is 3. The van der Waals surface area contributed by atoms with Gasteiger partial charge in [0.15, 0.2) is 6.61 Å². The Hall–Kier alpha value is -4.83. The summed E-state index contributed by atoms with van der Waals surface area (Å²) < 4.78 is 11.9. The van der Waals surface area contributed by atoms with Gasteiger partial charge in [-0.15, -0.1) is 0 Å². The first-order valence-corrected chi connectivity index (χ1v) is 13.6. The fourth-order valence-corrected chi connectivity index (χ4v) is 4.62. The second-order valence-corrected chi connectivity index (χ2v) is 9.61. The molecule has 0 aliphatic heterocycles. The van der Waals surface area contributed by atoms with Crippen LogP contribution in [0.25, 0.3) is 11.1 Å². The molecule has 0 aliphatic rings. The first kappa shape index (κ1) is 26.8. The lowest BCUT2D eigenvalue weighted by Gasteiger charge is -2.13. The van der Waals surface area contributed by atoms with E-state index in [1.165, 1.54) is 16.7 Å². The molecule has 4 nitrogen and oxygen atoms in total. The van der Waals surface area contributed by atoms with E-state index in [0.717, 1.165) is 35.3 Å². The van der Waals surface area contributed by atoms with Crippen molar-refractivity contribution in [3.05, 3.63) is 156 Å². The Morgan fingerprint density at radius 1 is 0.600 bits per heavy atom. The predicted octanol–water partition coefficient (Wildman–Crippen LogP) is 7.26. The molecule has 0 bridgehead atoms. The van der Waals surface area contributed by atoms with E-state index in [1.54, 1.807) is 0 Å². The van der Waals surface area contributed by atoms with Crippen LogP contribution in [0.15, 0.2) is 133 Å². The number of benzene rings is 5. The van der Waals surface area contributed by atoms with E-state index in [4.69, 9.17) is 9.47 Å². The van der Waals surface area contributed by atoms with Crippen molar-refractivity contribution in [3.63, 3.8) is 0 Å². The molecule has 0 heterocycles. The molecule has 0 spiro atoms. The van der Waals surface area contributed by atoms with Crippen LogP contribution in [-0.4, -0.2) is 19.1 Å². The number of ether oxygens (including phenoxy) is 2. The summed E-state index contributed by atoms with van der Waals surface area (Å²) in [5, 5.41) is 3.01. The van der Waals surface area contributed by atoms with Crippen molar-refractivity contribution in [3.8, 4) is 22.6 Å². The van der Waals surface area contributed by atoms with Crippen molar-refractivity contribution in [2.75, 3.05) is 13.2 Å². The summed E-state index contributed by atoms with van der Waals surface area (Å²) in [5.41, 5.74) is 6.86. The molecule has 4 heteroatoms. The third-order valence-electron chi connectivity index (χ3n) is 6.73. The summed E-state index contributed by atoms with van der Waals surface area (Å²) in [7, 11) is 0. The van der Waals surface area contributed by atoms with Gasteiger partial charge in [-0.25, -0.2) is 0 Å². The molecule has 0 aliphatic carbocycles. The fraction of sp³-hybridized carbons (Fsp3) is 0.139. The Balaban J connectivity index is 1.12. The van der Waals surface area contributed by atoms with E-state index in [2.05, 4.69) is 47.8 Å². The van der Waals surface area contributed by atoms with Crippen molar-refractivity contribution in [1.29, 1.82) is 0 Å². The Kier molecular flexibility index (Phi) is 9.24. The number of carbonyl (C=O) groups excluding carboxylic acids is 1. The smallest absolute Gasteiger partial charge is 0.257 e. The average Bonchev–Trinajstić information content (AvgIpc) is 3.01. The highest BCUT2D eigenvalue weighted by Gasteiger charge is 2.10. The van der Waals surface area contributed by atoms with Gasteiger partial charge in [-0.2, -0.15) is 0 Å². The third kappa shape index (κ3) is 7.61. The Labute approximate surface area is 236 Å². The number of carbonyl (C=O) groups is 1. The zero-order valence-corrected chi connectivity index (χ0v) is 22.5. The Morgan fingerprint density at radius 3 is 1.98 bits per heavy atom. The van der Waals surface area contributed by atoms with Gasteiger partial charge in [0.05, 0.1) is 0 Å². The standard InChI is InChI=1S/C36H33NO3/c38-36(37-24-23-30-15-7-8-16-32(30)25-28-11-3-1-4-12-28)27-40-35-18-10-9-17-34(35)31-19-21-33(22-20-31)39-26-29-13-5-2-6-14-29/h1-22H,23-27H2,(H,37,38). The van der Waals surface area contributed by atoms with Crippen molar-refractivity contribution >= 4 is 5.91 Å². The molecule has 0 fully saturated rings. The lowest BCUT2D eigenvalue weighted by Crippen LogP contribution is -2.30. The van der Waals surface area contributed by atoms with Crippen molar-refractivity contribution in [2.24, 2.45) is 0 Å². The first-order chi connectivity index (χ1) is 19.7. The fourth-order valence-electron chi connectivity index (χ4n) is 4.62. The van der Waals surface area contributed by atoms with Crippen LogP contribution in [0.4, 0.5) is 0 Å². The topological polar surface area (TPSA) is 47.6 Å². The average molecular weight is 528 g/mol. The minimum absolute atomic E-state index is 0.0407. The van der Waals surface area contributed by atoms with Gasteiger partial charge in [-0.3, -0.25) is 4.79 Å². The molecule has 0 saturated heterocycles. The van der Waals surface area contributed by atoms with Crippen LogP contribution in [0.3, 0.4) is 0 Å². The Morgan fingerprint density at radius 2 is 1.23 bits per heavy atom. The zero-order chi connectivity index (χ0) is 27.4. The molecule has 5 aromatic carbocycles. The van der Waals surface area contributed by atoms with E-state index < -0.39 is 0 Å². The second kappa shape index (κ2) is 13.8. The number of para-hydroxylation sites is 1. The lowest BCUT2D eigenvalue weighted by atomic mass is 9.98. The summed E-state index contributed by atoms with van der Waals surface area (Å²) in [6, 6.07) is 44.6. The summed E-state index contributed by atoms with van der Waals surface area (Å²) in [6.45, 7) is 1.04. The molecular formula is C36H33NO3. The minimum Gasteiger partial charge on any atom is -0.489 e. The summed E-state index contributed by atoms with van der Waals surface area (Å²) in [4.78, 5) is 12.6. The van der Waals surface area contributed by atoms with E-state index in [0.29, 0.717) is 18.9 Å². The van der Waals surface area contributed by atoms with Gasteiger partial charge in [0.1, 0.15) is 18.1 Å². The zero-order valence-electron chi connectivity index (χ0n) is 22.5. The number of amides is 1. The van der Waals surface area contributed by atoms with Gasteiger partial charge in [0, 0.05) is 12.1 Å². The second-order valence-electron chi connectivity index (χ2n) is 9.61. The maximum atomic E-state index is 12.6. The molecule has 0 saturated carbocycles. The maximum absolute atomic E-state index is 12.6. The van der Waals surface area contributed by atoms with Gasteiger partial charge in [-0.1, -0.05) is 115 Å². The quantitative estimate of drug-likeness (QED) is 0.186. The predicted molar refractivity (Wildman–Crippen MR) is 161 cm³/mol. The summed E-state index contributed by atoms with van der Waals surface area (Å²) >= 11 is 0. The third-order valence-corrected chi connectivity index (χ3v) is 6.73. The van der Waals surface area contributed by atoms with Crippen LogP contribution in [0.5, 0.6) is 11.5 Å². The van der Waals surface area contributed by atoms with Crippen LogP contribution < -0.4 is 14.8 Å². The number of nitrogens with one attached hydrogen (secondary N) is 1. The van der Waals surface area contributed by atoms with Gasteiger partial charge in [0.25, 0.3) is 5.91 Å². The van der Waals surface area contributed by atoms with Gasteiger partial charge in [0.2, 0.25) is 0 Å². The van der Waals surface area contributed by atoms with Gasteiger partial charge in [-0.05, 0) is 58.9 Å². The van der Waals surface area contributed by atoms with E-state index in [1.807, 2.05) is 91.0 Å². The van der Waals surface area contributed by atoms with Crippen LogP contribution in [0.1, 0.15) is 22.3 Å². The van der Waals surface area contributed by atoms with Crippen molar-refractivity contribution < 1.29 is 14.3 Å². The molecule has 1 N–H and O–H groups in total. The number of rotatable bonds is 12. The maximum Gasteiger partial charge on any atom is 0.257 e. The number of hydrogen-bond donors (Lipinski definition) is 1. The van der Waals surface area contributed by atoms with Gasteiger partial charge >= 0.3 is 0 Å². The van der Waals surface area contributed by atoms with Crippen molar-refractivity contribution in [2.45, 2.75) is 19.4 Å². The van der Waals surface area contributed by atoms with Crippen LogP contribution in [0.2, 0.25) is 0 Å². The Bertz CT molecular complexity index is 1500. The monoisotopic (exact) mass is 527 g/mol. The highest BCUT2D eigenvalue weighted by molar-refractivity contribution is 5.78. The van der Waals surface area contributed by atoms with Crippen LogP contribution in [-0.2, 0) is 24.2 Å². The minimum atomic E-state index is -0.139. The molecule has 40 heavy (non-hydrogen) atoms. The lowest BCUT2D eigenvalue weighted by molar-refractivity contribution is -0.123. The SMILES string of the molecule is O=C(COc1ccccc1-c1ccc(OCc2ccccc2)cc1)NCCc1ccccc1Cc1ccccc1. The van der Waals surface area contributed by atoms with E-state index in [-0.39, 0.29) is 12.5 Å². The van der Waals surface area contributed by atoms with Crippen molar-refractivity contribution in [1.82, 2.24) is 5.32 Å². The summed E-state index contributed by atoms with van der Waals surface area (Å²) in [6.07, 6.45) is 1.65. The molecule has 5 aromatic rings. The molecule has 200 valence electrons. The van der Waals surface area contributed by atoms with E-state index >= 15 is 0 Å². The highest BCUT2D eigenvalue weighted by Crippen LogP contribution is 2.31. The summed E-state index contributed by atoms with van der Waals surface area (Å²) in [5.74, 6) is 1.33. The molecule has 1 amide bonds. The molecule has 0 radical (unpaired) electrons. The molecule has 0 unspecified atom stereocenters. The molecule has 0 atom stereocenters. The molecular weight excluding hydrogens is 494 g/mol. The van der Waals surface area contributed by atoms with Gasteiger partial charge < -0.3 is 14.8 Å². The first-order valence-electron chi connectivity index (χ1n) is 13.6. The van der Waals surface area contributed by atoms with E-state index in [9.17, 15) is 4.79 Å². The van der Waals surface area contributed by atoms with Crippen LogP contribution in [0, 0.1) is 0 Å². The normalized spacial score (nSPS) is 10.6. The highest BCUT2D eigenvalue weighted by atomic mass is 16.5. The largest absolute Gasteiger partial charge is 0.489 e. The molecule has 0 aromatic heterocycles.